The first kappa shape index (κ1) is 16.1. The molecule has 4 nitrogen and oxygen atoms in total. The van der Waals surface area contributed by atoms with Crippen LogP contribution >= 0.6 is 11.3 Å². The molecule has 1 aliphatic rings. The Kier molecular flexibility index (Phi) is 5.41. The fourth-order valence-electron chi connectivity index (χ4n) is 2.97. The summed E-state index contributed by atoms with van der Waals surface area (Å²) in [5.41, 5.74) is 1.59. The molecule has 122 valence electrons. The molecule has 23 heavy (non-hydrogen) atoms. The molecule has 3 rings (SSSR count). The van der Waals surface area contributed by atoms with Gasteiger partial charge >= 0.3 is 0 Å². The summed E-state index contributed by atoms with van der Waals surface area (Å²) in [7, 11) is 0. The molecule has 1 amide bonds. The summed E-state index contributed by atoms with van der Waals surface area (Å²) >= 11 is 1.52. The first-order valence-corrected chi connectivity index (χ1v) is 9.18. The van der Waals surface area contributed by atoms with Crippen LogP contribution in [0.5, 0.6) is 0 Å². The lowest BCUT2D eigenvalue weighted by molar-refractivity contribution is 0.0907. The molecule has 1 aromatic carbocycles. The van der Waals surface area contributed by atoms with Gasteiger partial charge in [0.1, 0.15) is 10.7 Å². The highest BCUT2D eigenvalue weighted by Crippen LogP contribution is 2.23. The molecular formula is C18H23N3OS. The lowest BCUT2D eigenvalue weighted by atomic mass is 10.0. The van der Waals surface area contributed by atoms with Gasteiger partial charge in [-0.15, -0.1) is 11.3 Å². The van der Waals surface area contributed by atoms with E-state index in [4.69, 9.17) is 0 Å². The van der Waals surface area contributed by atoms with Crippen molar-refractivity contribution >= 4 is 17.2 Å². The third kappa shape index (κ3) is 4.18. The van der Waals surface area contributed by atoms with Crippen LogP contribution in [0.3, 0.4) is 0 Å². The zero-order chi connectivity index (χ0) is 16.1. The molecule has 1 fully saturated rings. The van der Waals surface area contributed by atoms with E-state index >= 15 is 0 Å². The van der Waals surface area contributed by atoms with Crippen LogP contribution in [0.15, 0.2) is 35.7 Å². The SMILES string of the molecule is CCCN1CCC(NC(=O)c2csc(-c3ccccc3)n2)CC1. The molecule has 1 N–H and O–H groups in total. The Labute approximate surface area is 141 Å². The molecule has 0 spiro atoms. The maximum atomic E-state index is 12.4. The van der Waals surface area contributed by atoms with Gasteiger partial charge in [-0.2, -0.15) is 0 Å². The fourth-order valence-corrected chi connectivity index (χ4v) is 3.77. The Morgan fingerprint density at radius 3 is 2.74 bits per heavy atom. The molecule has 5 heteroatoms. The van der Waals surface area contributed by atoms with Gasteiger partial charge in [0.2, 0.25) is 0 Å². The summed E-state index contributed by atoms with van der Waals surface area (Å²) in [5, 5.41) is 5.89. The van der Waals surface area contributed by atoms with Gasteiger partial charge in [0, 0.05) is 30.1 Å². The quantitative estimate of drug-likeness (QED) is 0.914. The van der Waals surface area contributed by atoms with E-state index in [1.54, 1.807) is 0 Å². The highest BCUT2D eigenvalue weighted by Gasteiger charge is 2.21. The number of hydrogen-bond acceptors (Lipinski definition) is 4. The Morgan fingerprint density at radius 2 is 2.04 bits per heavy atom. The van der Waals surface area contributed by atoms with Crippen molar-refractivity contribution in [2.45, 2.75) is 32.2 Å². The normalized spacial score (nSPS) is 16.4. The zero-order valence-corrected chi connectivity index (χ0v) is 14.3. The van der Waals surface area contributed by atoms with Gasteiger partial charge in [0.25, 0.3) is 5.91 Å². The van der Waals surface area contributed by atoms with Gasteiger partial charge in [-0.1, -0.05) is 37.3 Å². The van der Waals surface area contributed by atoms with Gasteiger partial charge in [0.05, 0.1) is 0 Å². The molecule has 0 saturated carbocycles. The molecule has 0 atom stereocenters. The van der Waals surface area contributed by atoms with Crippen molar-refractivity contribution in [3.63, 3.8) is 0 Å². The number of thiazole rings is 1. The number of carbonyl (C=O) groups is 1. The molecule has 2 aromatic rings. The van der Waals surface area contributed by atoms with E-state index in [-0.39, 0.29) is 11.9 Å². The summed E-state index contributed by atoms with van der Waals surface area (Å²) in [6, 6.07) is 10.3. The minimum absolute atomic E-state index is 0.0441. The highest BCUT2D eigenvalue weighted by molar-refractivity contribution is 7.13. The number of piperidine rings is 1. The summed E-state index contributed by atoms with van der Waals surface area (Å²) in [5.74, 6) is -0.0441. The van der Waals surface area contributed by atoms with E-state index in [0.717, 1.165) is 43.0 Å². The van der Waals surface area contributed by atoms with Gasteiger partial charge in [0.15, 0.2) is 0 Å². The second-order valence-electron chi connectivity index (χ2n) is 5.99. The van der Waals surface area contributed by atoms with Crippen LogP contribution in [0.4, 0.5) is 0 Å². The van der Waals surface area contributed by atoms with Crippen molar-refractivity contribution in [3.05, 3.63) is 41.4 Å². The number of amides is 1. The van der Waals surface area contributed by atoms with Crippen LogP contribution in [0.1, 0.15) is 36.7 Å². The monoisotopic (exact) mass is 329 g/mol. The smallest absolute Gasteiger partial charge is 0.270 e. The Bertz CT molecular complexity index is 633. The van der Waals surface area contributed by atoms with E-state index in [2.05, 4.69) is 22.1 Å². The van der Waals surface area contributed by atoms with Crippen LogP contribution in [-0.4, -0.2) is 41.5 Å². The van der Waals surface area contributed by atoms with Crippen LogP contribution < -0.4 is 5.32 Å². The van der Waals surface area contributed by atoms with Crippen molar-refractivity contribution in [2.24, 2.45) is 0 Å². The molecule has 2 heterocycles. The van der Waals surface area contributed by atoms with Crippen LogP contribution in [0.25, 0.3) is 10.6 Å². The minimum Gasteiger partial charge on any atom is -0.348 e. The van der Waals surface area contributed by atoms with E-state index in [1.165, 1.54) is 17.8 Å². The predicted octanol–water partition coefficient (Wildman–Crippen LogP) is 3.41. The number of rotatable bonds is 5. The summed E-state index contributed by atoms with van der Waals surface area (Å²) in [6.45, 7) is 5.52. The van der Waals surface area contributed by atoms with Gasteiger partial charge in [-0.25, -0.2) is 4.98 Å². The molecule has 0 aliphatic carbocycles. The summed E-state index contributed by atoms with van der Waals surface area (Å²) in [4.78, 5) is 19.3. The van der Waals surface area contributed by atoms with E-state index in [9.17, 15) is 4.79 Å². The molecule has 1 saturated heterocycles. The Hall–Kier alpha value is -1.72. The van der Waals surface area contributed by atoms with Crippen molar-refractivity contribution in [2.75, 3.05) is 19.6 Å². The average Bonchev–Trinajstić information content (AvgIpc) is 3.08. The molecule has 1 aromatic heterocycles. The van der Waals surface area contributed by atoms with Crippen molar-refractivity contribution < 1.29 is 4.79 Å². The second kappa shape index (κ2) is 7.70. The van der Waals surface area contributed by atoms with E-state index in [0.29, 0.717) is 5.69 Å². The maximum Gasteiger partial charge on any atom is 0.270 e. The third-order valence-corrected chi connectivity index (χ3v) is 5.11. The zero-order valence-electron chi connectivity index (χ0n) is 13.5. The van der Waals surface area contributed by atoms with Crippen LogP contribution in [0, 0.1) is 0 Å². The first-order valence-electron chi connectivity index (χ1n) is 8.30. The summed E-state index contributed by atoms with van der Waals surface area (Å²) < 4.78 is 0. The number of hydrogen-bond donors (Lipinski definition) is 1. The van der Waals surface area contributed by atoms with Crippen LogP contribution in [0.2, 0.25) is 0 Å². The standard InChI is InChI=1S/C18H23N3OS/c1-2-10-21-11-8-15(9-12-21)19-17(22)16-13-23-18(20-16)14-6-4-3-5-7-14/h3-7,13,15H,2,8-12H2,1H3,(H,19,22). The number of nitrogens with one attached hydrogen (secondary N) is 1. The molecule has 0 unspecified atom stereocenters. The Balaban J connectivity index is 1.56. The second-order valence-corrected chi connectivity index (χ2v) is 6.85. The maximum absolute atomic E-state index is 12.4. The first-order chi connectivity index (χ1) is 11.3. The minimum atomic E-state index is -0.0441. The van der Waals surface area contributed by atoms with Gasteiger partial charge in [-0.05, 0) is 25.8 Å². The lowest BCUT2D eigenvalue weighted by Crippen LogP contribution is -2.44. The van der Waals surface area contributed by atoms with Crippen molar-refractivity contribution in [3.8, 4) is 10.6 Å². The van der Waals surface area contributed by atoms with E-state index < -0.39 is 0 Å². The fraction of sp³-hybridized carbons (Fsp3) is 0.444. The van der Waals surface area contributed by atoms with Gasteiger partial charge in [-0.3, -0.25) is 4.79 Å². The molecular weight excluding hydrogens is 306 g/mol. The number of carbonyl (C=O) groups excluding carboxylic acids is 1. The number of aromatic nitrogens is 1. The van der Waals surface area contributed by atoms with Crippen molar-refractivity contribution in [1.29, 1.82) is 0 Å². The number of nitrogens with zero attached hydrogens (tertiary/aromatic N) is 2. The number of likely N-dealkylation sites (tertiary alicyclic amines) is 1. The van der Waals surface area contributed by atoms with Crippen molar-refractivity contribution in [1.82, 2.24) is 15.2 Å². The average molecular weight is 329 g/mol. The lowest BCUT2D eigenvalue weighted by Gasteiger charge is -2.31. The van der Waals surface area contributed by atoms with E-state index in [1.807, 2.05) is 35.7 Å². The predicted molar refractivity (Wildman–Crippen MR) is 94.8 cm³/mol. The topological polar surface area (TPSA) is 45.2 Å². The number of benzene rings is 1. The molecule has 0 bridgehead atoms. The molecule has 1 aliphatic heterocycles. The highest BCUT2D eigenvalue weighted by atomic mass is 32.1. The summed E-state index contributed by atoms with van der Waals surface area (Å²) in [6.07, 6.45) is 3.25. The molecule has 0 radical (unpaired) electrons. The van der Waals surface area contributed by atoms with Crippen LogP contribution in [-0.2, 0) is 0 Å². The third-order valence-electron chi connectivity index (χ3n) is 4.22. The van der Waals surface area contributed by atoms with Gasteiger partial charge < -0.3 is 10.2 Å². The largest absolute Gasteiger partial charge is 0.348 e. The Morgan fingerprint density at radius 1 is 1.30 bits per heavy atom.